The fraction of sp³-hybridized carbons (Fsp3) is 0.294. The number of hydrogen-bond acceptors (Lipinski definition) is 4. The number of hydrogen-bond donors (Lipinski definition) is 1. The first-order valence-electron chi connectivity index (χ1n) is 6.93. The van der Waals surface area contributed by atoms with Crippen LogP contribution in [0.4, 0.5) is 0 Å². The molecule has 0 bridgehead atoms. The molecule has 1 fully saturated rings. The zero-order chi connectivity index (χ0) is 14.7. The van der Waals surface area contributed by atoms with Crippen LogP contribution in [0.5, 0.6) is 5.75 Å². The quantitative estimate of drug-likeness (QED) is 0.939. The van der Waals surface area contributed by atoms with Crippen LogP contribution in [0.2, 0.25) is 0 Å². The van der Waals surface area contributed by atoms with E-state index in [0.717, 1.165) is 22.4 Å². The summed E-state index contributed by atoms with van der Waals surface area (Å²) in [5.74, 6) is 0.771. The molecule has 0 spiro atoms. The van der Waals surface area contributed by atoms with Crippen LogP contribution in [0.3, 0.4) is 0 Å². The molecule has 0 aliphatic carbocycles. The molecule has 1 unspecified atom stereocenters. The van der Waals surface area contributed by atoms with Crippen molar-refractivity contribution >= 4 is 0 Å². The molecule has 0 aromatic heterocycles. The first kappa shape index (κ1) is 14.1. The zero-order valence-electron chi connectivity index (χ0n) is 11.9. The Hall–Kier alpha value is -1.88. The topological polar surface area (TPSA) is 47.9 Å². The van der Waals surface area contributed by atoms with Gasteiger partial charge in [0.15, 0.2) is 6.29 Å². The van der Waals surface area contributed by atoms with Gasteiger partial charge in [0.2, 0.25) is 0 Å². The Balaban J connectivity index is 1.82. The molecule has 1 N–H and O–H groups in total. The maximum Gasteiger partial charge on any atom is 0.184 e. The maximum absolute atomic E-state index is 10.5. The molecule has 1 saturated heterocycles. The third-order valence-electron chi connectivity index (χ3n) is 3.55. The highest BCUT2D eigenvalue weighted by atomic mass is 16.7. The number of aliphatic hydroxyl groups is 1. The van der Waals surface area contributed by atoms with Crippen molar-refractivity contribution in [1.29, 1.82) is 0 Å². The van der Waals surface area contributed by atoms with Gasteiger partial charge in [-0.05, 0) is 29.3 Å². The van der Waals surface area contributed by atoms with E-state index in [-0.39, 0.29) is 6.29 Å². The first-order chi connectivity index (χ1) is 10.3. The van der Waals surface area contributed by atoms with Crippen molar-refractivity contribution < 1.29 is 19.3 Å². The van der Waals surface area contributed by atoms with Crippen LogP contribution in [-0.2, 0) is 9.47 Å². The summed E-state index contributed by atoms with van der Waals surface area (Å²) in [5.41, 5.74) is 2.57. The van der Waals surface area contributed by atoms with E-state index in [1.54, 1.807) is 7.11 Å². The lowest BCUT2D eigenvalue weighted by molar-refractivity contribution is -0.0442. The molecule has 110 valence electrons. The van der Waals surface area contributed by atoms with Crippen LogP contribution in [0.1, 0.15) is 29.1 Å². The molecule has 4 heteroatoms. The Bertz CT molecular complexity index is 588. The lowest BCUT2D eigenvalue weighted by atomic mass is 9.99. The van der Waals surface area contributed by atoms with E-state index < -0.39 is 6.10 Å². The normalized spacial score (nSPS) is 16.9. The second-order valence-electron chi connectivity index (χ2n) is 4.92. The van der Waals surface area contributed by atoms with Crippen molar-refractivity contribution in [2.24, 2.45) is 0 Å². The van der Waals surface area contributed by atoms with Gasteiger partial charge in [0.05, 0.1) is 20.3 Å². The van der Waals surface area contributed by atoms with Crippen molar-refractivity contribution in [3.05, 3.63) is 65.2 Å². The first-order valence-corrected chi connectivity index (χ1v) is 6.93. The van der Waals surface area contributed by atoms with Crippen molar-refractivity contribution in [2.45, 2.75) is 12.4 Å². The van der Waals surface area contributed by atoms with Crippen LogP contribution in [-0.4, -0.2) is 25.4 Å². The van der Waals surface area contributed by atoms with E-state index >= 15 is 0 Å². The summed E-state index contributed by atoms with van der Waals surface area (Å²) in [5, 5.41) is 10.5. The van der Waals surface area contributed by atoms with Crippen LogP contribution in [0, 0.1) is 0 Å². The Kier molecular flexibility index (Phi) is 4.20. The molecule has 4 nitrogen and oxygen atoms in total. The van der Waals surface area contributed by atoms with Crippen molar-refractivity contribution in [3.63, 3.8) is 0 Å². The highest BCUT2D eigenvalue weighted by Gasteiger charge is 2.19. The van der Waals surface area contributed by atoms with E-state index in [1.165, 1.54) is 0 Å². The fourth-order valence-corrected chi connectivity index (χ4v) is 2.41. The standard InChI is InChI=1S/C17H18O4/c1-19-15-7-5-12(6-8-15)16(18)13-3-2-4-14(11-13)17-20-9-10-21-17/h2-8,11,16-18H,9-10H2,1H3. The number of rotatable bonds is 4. The molecule has 1 heterocycles. The van der Waals surface area contributed by atoms with E-state index in [1.807, 2.05) is 48.5 Å². The molecular formula is C17H18O4. The summed E-state index contributed by atoms with van der Waals surface area (Å²) in [7, 11) is 1.62. The number of aliphatic hydroxyl groups excluding tert-OH is 1. The molecule has 1 aliphatic heterocycles. The van der Waals surface area contributed by atoms with Gasteiger partial charge in [-0.3, -0.25) is 0 Å². The SMILES string of the molecule is COc1ccc(C(O)c2cccc(C3OCCO3)c2)cc1. The minimum atomic E-state index is -0.683. The molecule has 2 aromatic rings. The maximum atomic E-state index is 10.5. The van der Waals surface area contributed by atoms with Crippen LogP contribution in [0.15, 0.2) is 48.5 Å². The summed E-state index contributed by atoms with van der Waals surface area (Å²) < 4.78 is 16.1. The van der Waals surface area contributed by atoms with Gasteiger partial charge >= 0.3 is 0 Å². The van der Waals surface area contributed by atoms with Gasteiger partial charge in [-0.25, -0.2) is 0 Å². The number of methoxy groups -OCH3 is 1. The van der Waals surface area contributed by atoms with Crippen molar-refractivity contribution in [3.8, 4) is 5.75 Å². The van der Waals surface area contributed by atoms with Gasteiger partial charge in [0, 0.05) is 5.56 Å². The van der Waals surface area contributed by atoms with Gasteiger partial charge in [-0.15, -0.1) is 0 Å². The Morgan fingerprint density at radius 1 is 1.05 bits per heavy atom. The Morgan fingerprint density at radius 3 is 2.43 bits per heavy atom. The van der Waals surface area contributed by atoms with E-state index in [0.29, 0.717) is 13.2 Å². The van der Waals surface area contributed by atoms with Gasteiger partial charge < -0.3 is 19.3 Å². The highest BCUT2D eigenvalue weighted by molar-refractivity contribution is 5.35. The van der Waals surface area contributed by atoms with Crippen molar-refractivity contribution in [1.82, 2.24) is 0 Å². The fourth-order valence-electron chi connectivity index (χ4n) is 2.41. The predicted octanol–water partition coefficient (Wildman–Crippen LogP) is 2.82. The average Bonchev–Trinajstić information content (AvgIpc) is 3.09. The molecule has 1 atom stereocenters. The minimum absolute atomic E-state index is 0.326. The third kappa shape index (κ3) is 3.08. The molecule has 2 aromatic carbocycles. The highest BCUT2D eigenvalue weighted by Crippen LogP contribution is 2.28. The third-order valence-corrected chi connectivity index (χ3v) is 3.55. The summed E-state index contributed by atoms with van der Waals surface area (Å²) in [6, 6.07) is 15.1. The van der Waals surface area contributed by atoms with Crippen LogP contribution >= 0.6 is 0 Å². The smallest absolute Gasteiger partial charge is 0.184 e. The molecule has 0 saturated carbocycles. The van der Waals surface area contributed by atoms with Crippen LogP contribution in [0.25, 0.3) is 0 Å². The zero-order valence-corrected chi connectivity index (χ0v) is 11.9. The molecule has 1 aliphatic rings. The molecule has 3 rings (SSSR count). The van der Waals surface area contributed by atoms with Crippen molar-refractivity contribution in [2.75, 3.05) is 20.3 Å². The number of ether oxygens (including phenoxy) is 3. The lowest BCUT2D eigenvalue weighted by Gasteiger charge is -2.15. The monoisotopic (exact) mass is 286 g/mol. The lowest BCUT2D eigenvalue weighted by Crippen LogP contribution is -2.03. The summed E-state index contributed by atoms with van der Waals surface area (Å²) >= 11 is 0. The molecule has 0 radical (unpaired) electrons. The molecule has 21 heavy (non-hydrogen) atoms. The van der Waals surface area contributed by atoms with Gasteiger partial charge in [-0.2, -0.15) is 0 Å². The van der Waals surface area contributed by atoms with Gasteiger partial charge in [0.1, 0.15) is 11.9 Å². The Morgan fingerprint density at radius 2 is 1.76 bits per heavy atom. The predicted molar refractivity (Wildman–Crippen MR) is 78.1 cm³/mol. The molecular weight excluding hydrogens is 268 g/mol. The van der Waals surface area contributed by atoms with Gasteiger partial charge in [0.25, 0.3) is 0 Å². The summed E-state index contributed by atoms with van der Waals surface area (Å²) in [6.07, 6.45) is -1.01. The molecule has 0 amide bonds. The Labute approximate surface area is 123 Å². The largest absolute Gasteiger partial charge is 0.497 e. The van der Waals surface area contributed by atoms with Gasteiger partial charge in [-0.1, -0.05) is 30.3 Å². The summed E-state index contributed by atoms with van der Waals surface area (Å²) in [4.78, 5) is 0. The minimum Gasteiger partial charge on any atom is -0.497 e. The van der Waals surface area contributed by atoms with E-state index in [2.05, 4.69) is 0 Å². The second-order valence-corrected chi connectivity index (χ2v) is 4.92. The number of benzene rings is 2. The van der Waals surface area contributed by atoms with Crippen LogP contribution < -0.4 is 4.74 Å². The van der Waals surface area contributed by atoms with E-state index in [9.17, 15) is 5.11 Å². The average molecular weight is 286 g/mol. The second kappa shape index (κ2) is 6.26. The summed E-state index contributed by atoms with van der Waals surface area (Å²) in [6.45, 7) is 1.21. The van der Waals surface area contributed by atoms with E-state index in [4.69, 9.17) is 14.2 Å².